The van der Waals surface area contributed by atoms with Crippen LogP contribution in [0.2, 0.25) is 0 Å². The largest absolute Gasteiger partial charge is 0.461 e. The van der Waals surface area contributed by atoms with Gasteiger partial charge in [0.2, 0.25) is 0 Å². The molecule has 0 bridgehead atoms. The molecule has 1 saturated carbocycles. The van der Waals surface area contributed by atoms with Crippen molar-refractivity contribution >= 4 is 12.0 Å². The van der Waals surface area contributed by atoms with E-state index in [-0.39, 0.29) is 29.8 Å². The third-order valence-electron chi connectivity index (χ3n) is 5.72. The van der Waals surface area contributed by atoms with Crippen LogP contribution in [0.15, 0.2) is 91.0 Å². The quantitative estimate of drug-likeness (QED) is 0.426. The Kier molecular flexibility index (Phi) is 5.71. The van der Waals surface area contributed by atoms with Crippen molar-refractivity contribution in [3.63, 3.8) is 0 Å². The van der Waals surface area contributed by atoms with Crippen molar-refractivity contribution in [2.24, 2.45) is 17.3 Å². The van der Waals surface area contributed by atoms with Crippen LogP contribution in [0.3, 0.4) is 0 Å². The average molecular weight is 399 g/mol. The van der Waals surface area contributed by atoms with Crippen LogP contribution in [0.25, 0.3) is 6.08 Å². The van der Waals surface area contributed by atoms with E-state index in [2.05, 4.69) is 38.1 Å². The predicted octanol–water partition coefficient (Wildman–Crippen LogP) is 6.51. The number of carbonyl (C=O) groups excluding carboxylic acids is 1. The minimum atomic E-state index is -0.142. The molecule has 0 spiro atoms. The molecule has 2 atom stereocenters. The van der Waals surface area contributed by atoms with E-state index in [9.17, 15) is 4.79 Å². The lowest BCUT2D eigenvalue weighted by molar-refractivity contribution is -0.147. The van der Waals surface area contributed by atoms with E-state index in [1.165, 1.54) is 0 Å². The van der Waals surface area contributed by atoms with Crippen molar-refractivity contribution in [1.29, 1.82) is 0 Å². The highest BCUT2D eigenvalue weighted by Gasteiger charge is 2.61. The number of ether oxygens (including phenoxy) is 2. The SMILES string of the molecule is CC1(C)[C@H](C(=O)OCc2cccc(Oc3ccccc3)c2)[C@@H]1/C=C\c1ccccc1. The summed E-state index contributed by atoms with van der Waals surface area (Å²) in [7, 11) is 0. The molecule has 30 heavy (non-hydrogen) atoms. The number of allylic oxidation sites excluding steroid dienone is 1. The fourth-order valence-electron chi connectivity index (χ4n) is 3.83. The van der Waals surface area contributed by atoms with E-state index in [0.29, 0.717) is 0 Å². The molecular formula is C27H26O3. The van der Waals surface area contributed by atoms with Gasteiger partial charge in [0, 0.05) is 0 Å². The van der Waals surface area contributed by atoms with E-state index in [1.807, 2.05) is 72.8 Å². The molecule has 4 rings (SSSR count). The van der Waals surface area contributed by atoms with E-state index >= 15 is 0 Å². The summed E-state index contributed by atoms with van der Waals surface area (Å²) >= 11 is 0. The van der Waals surface area contributed by atoms with Gasteiger partial charge in [0.15, 0.2) is 0 Å². The summed E-state index contributed by atoms with van der Waals surface area (Å²) in [5.41, 5.74) is 1.97. The lowest BCUT2D eigenvalue weighted by atomic mass is 10.1. The maximum Gasteiger partial charge on any atom is 0.310 e. The van der Waals surface area contributed by atoms with Gasteiger partial charge in [-0.15, -0.1) is 0 Å². The number of hydrogen-bond acceptors (Lipinski definition) is 3. The summed E-state index contributed by atoms with van der Waals surface area (Å²) in [5.74, 6) is 1.45. The predicted molar refractivity (Wildman–Crippen MR) is 119 cm³/mol. The number of hydrogen-bond donors (Lipinski definition) is 0. The Bertz CT molecular complexity index is 1020. The van der Waals surface area contributed by atoms with Crippen molar-refractivity contribution in [3.8, 4) is 11.5 Å². The minimum Gasteiger partial charge on any atom is -0.461 e. The third kappa shape index (κ3) is 4.62. The van der Waals surface area contributed by atoms with Gasteiger partial charge in [-0.05, 0) is 46.7 Å². The molecule has 1 aliphatic rings. The van der Waals surface area contributed by atoms with Gasteiger partial charge < -0.3 is 9.47 Å². The molecule has 3 heteroatoms. The Hall–Kier alpha value is -3.33. The standard InChI is InChI=1S/C27H26O3/c1-27(2)24(17-16-20-10-5-3-6-11-20)25(27)26(28)29-19-21-12-9-15-23(18-21)30-22-13-7-4-8-14-22/h3-18,24-25H,19H2,1-2H3/b17-16-/t24-,25-/m0/s1. The van der Waals surface area contributed by atoms with Crippen LogP contribution in [-0.2, 0) is 16.1 Å². The molecule has 0 radical (unpaired) electrons. The maximum atomic E-state index is 12.7. The molecule has 1 aliphatic carbocycles. The highest BCUT2D eigenvalue weighted by Crippen LogP contribution is 2.59. The van der Waals surface area contributed by atoms with Crippen molar-refractivity contribution in [2.75, 3.05) is 0 Å². The summed E-state index contributed by atoms with van der Waals surface area (Å²) in [6.45, 7) is 4.48. The second-order valence-electron chi connectivity index (χ2n) is 8.26. The highest BCUT2D eigenvalue weighted by atomic mass is 16.5. The third-order valence-corrected chi connectivity index (χ3v) is 5.72. The number of benzene rings is 3. The zero-order valence-electron chi connectivity index (χ0n) is 17.3. The van der Waals surface area contributed by atoms with Crippen molar-refractivity contribution in [2.45, 2.75) is 20.5 Å². The van der Waals surface area contributed by atoms with Crippen LogP contribution in [-0.4, -0.2) is 5.97 Å². The molecule has 152 valence electrons. The molecule has 0 aliphatic heterocycles. The normalized spacial score (nSPS) is 19.4. The highest BCUT2D eigenvalue weighted by molar-refractivity contribution is 5.78. The summed E-state index contributed by atoms with van der Waals surface area (Å²) in [4.78, 5) is 12.7. The second-order valence-corrected chi connectivity index (χ2v) is 8.26. The Labute approximate surface area is 178 Å². The summed E-state index contributed by atoms with van der Waals surface area (Å²) in [6, 6.07) is 27.4. The number of esters is 1. The average Bonchev–Trinajstić information content (AvgIpc) is 3.32. The molecular weight excluding hydrogens is 372 g/mol. The summed E-state index contributed by atoms with van der Waals surface area (Å²) < 4.78 is 11.5. The monoisotopic (exact) mass is 398 g/mol. The lowest BCUT2D eigenvalue weighted by Gasteiger charge is -2.09. The molecule has 0 unspecified atom stereocenters. The van der Waals surface area contributed by atoms with E-state index in [0.717, 1.165) is 22.6 Å². The van der Waals surface area contributed by atoms with E-state index in [1.54, 1.807) is 0 Å². The number of para-hydroxylation sites is 1. The van der Waals surface area contributed by atoms with E-state index < -0.39 is 0 Å². The Morgan fingerprint density at radius 2 is 1.57 bits per heavy atom. The molecule has 0 amide bonds. The van der Waals surface area contributed by atoms with Gasteiger partial charge in [0.05, 0.1) is 5.92 Å². The van der Waals surface area contributed by atoms with Crippen LogP contribution in [0, 0.1) is 17.3 Å². The van der Waals surface area contributed by atoms with Crippen molar-refractivity contribution in [3.05, 3.63) is 102 Å². The van der Waals surface area contributed by atoms with Gasteiger partial charge in [-0.25, -0.2) is 0 Å². The zero-order valence-corrected chi connectivity index (χ0v) is 17.3. The van der Waals surface area contributed by atoms with E-state index in [4.69, 9.17) is 9.47 Å². The minimum absolute atomic E-state index is 0.0827. The number of rotatable bonds is 7. The molecule has 0 N–H and O–H groups in total. The van der Waals surface area contributed by atoms with Gasteiger partial charge in [0.25, 0.3) is 0 Å². The fourth-order valence-corrected chi connectivity index (χ4v) is 3.83. The maximum absolute atomic E-state index is 12.7. The summed E-state index contributed by atoms with van der Waals surface area (Å²) in [5, 5.41) is 0. The molecule has 0 heterocycles. The van der Waals surface area contributed by atoms with Crippen LogP contribution < -0.4 is 4.74 Å². The fraction of sp³-hybridized carbons (Fsp3) is 0.222. The molecule has 0 aromatic heterocycles. The summed E-state index contributed by atoms with van der Waals surface area (Å²) in [6.07, 6.45) is 4.22. The Morgan fingerprint density at radius 3 is 2.30 bits per heavy atom. The molecule has 3 aromatic carbocycles. The van der Waals surface area contributed by atoms with Gasteiger partial charge in [-0.2, -0.15) is 0 Å². The first-order chi connectivity index (χ1) is 14.5. The molecule has 3 aromatic rings. The van der Waals surface area contributed by atoms with Crippen LogP contribution >= 0.6 is 0 Å². The molecule has 3 nitrogen and oxygen atoms in total. The van der Waals surface area contributed by atoms with Gasteiger partial charge >= 0.3 is 5.97 Å². The van der Waals surface area contributed by atoms with Crippen LogP contribution in [0.1, 0.15) is 25.0 Å². The Morgan fingerprint density at radius 1 is 0.900 bits per heavy atom. The number of carbonyl (C=O) groups is 1. The van der Waals surface area contributed by atoms with Crippen molar-refractivity contribution in [1.82, 2.24) is 0 Å². The van der Waals surface area contributed by atoms with Gasteiger partial charge in [-0.1, -0.05) is 86.7 Å². The molecule has 0 saturated heterocycles. The topological polar surface area (TPSA) is 35.5 Å². The zero-order chi connectivity index (χ0) is 21.0. The van der Waals surface area contributed by atoms with Crippen LogP contribution in [0.4, 0.5) is 0 Å². The first-order valence-electron chi connectivity index (χ1n) is 10.3. The second kappa shape index (κ2) is 8.58. The van der Waals surface area contributed by atoms with Gasteiger partial charge in [0.1, 0.15) is 18.1 Å². The first-order valence-corrected chi connectivity index (χ1v) is 10.3. The lowest BCUT2D eigenvalue weighted by Crippen LogP contribution is -2.10. The van der Waals surface area contributed by atoms with Crippen LogP contribution in [0.5, 0.6) is 11.5 Å². The Balaban J connectivity index is 1.34. The molecule has 1 fully saturated rings. The smallest absolute Gasteiger partial charge is 0.310 e. The van der Waals surface area contributed by atoms with Gasteiger partial charge in [-0.3, -0.25) is 4.79 Å². The first kappa shape index (κ1) is 20.0. The van der Waals surface area contributed by atoms with Crippen molar-refractivity contribution < 1.29 is 14.3 Å².